The average Bonchev–Trinajstić information content (AvgIpc) is 2.40. The normalized spacial score (nSPS) is 28.5. The molecule has 112 valence electrons. The van der Waals surface area contributed by atoms with Gasteiger partial charge in [0.05, 0.1) is 13.2 Å². The van der Waals surface area contributed by atoms with Gasteiger partial charge >= 0.3 is 0 Å². The summed E-state index contributed by atoms with van der Waals surface area (Å²) in [4.78, 5) is 14.3. The number of nitrogens with one attached hydrogen (secondary N) is 2. The summed E-state index contributed by atoms with van der Waals surface area (Å²) in [5.41, 5.74) is 0. The van der Waals surface area contributed by atoms with Gasteiger partial charge in [0.15, 0.2) is 0 Å². The van der Waals surface area contributed by atoms with Gasteiger partial charge in [-0.25, -0.2) is 0 Å². The second-order valence-corrected chi connectivity index (χ2v) is 5.32. The van der Waals surface area contributed by atoms with Crippen molar-refractivity contribution >= 4 is 18.3 Å². The lowest BCUT2D eigenvalue weighted by atomic mass is 9.92. The quantitative estimate of drug-likeness (QED) is 0.779. The van der Waals surface area contributed by atoms with Crippen LogP contribution in [0.3, 0.4) is 0 Å². The first-order valence-corrected chi connectivity index (χ1v) is 7.07. The lowest BCUT2D eigenvalue weighted by Gasteiger charge is -2.29. The molecule has 2 rings (SSSR count). The molecule has 0 unspecified atom stereocenters. The van der Waals surface area contributed by atoms with Crippen molar-refractivity contribution in [2.45, 2.75) is 25.8 Å². The summed E-state index contributed by atoms with van der Waals surface area (Å²) < 4.78 is 5.30. The monoisotopic (exact) mass is 291 g/mol. The van der Waals surface area contributed by atoms with E-state index in [0.29, 0.717) is 6.04 Å². The molecular formula is C13H26ClN3O2. The standard InChI is InChI=1S/C13H25N3O2.ClH/c1-11-10-12(2-3-14-11)13(17)15-4-5-16-6-8-18-9-7-16;/h11-12,14H,2-10H2,1H3,(H,15,17);1H/t11-,12-;/m0./s1. The van der Waals surface area contributed by atoms with E-state index in [1.54, 1.807) is 0 Å². The third-order valence-electron chi connectivity index (χ3n) is 3.83. The lowest BCUT2D eigenvalue weighted by molar-refractivity contribution is -0.126. The molecule has 6 heteroatoms. The van der Waals surface area contributed by atoms with Crippen LogP contribution in [0.15, 0.2) is 0 Å². The molecule has 2 fully saturated rings. The molecule has 5 nitrogen and oxygen atoms in total. The second kappa shape index (κ2) is 8.74. The van der Waals surface area contributed by atoms with Crippen LogP contribution in [0.4, 0.5) is 0 Å². The summed E-state index contributed by atoms with van der Waals surface area (Å²) in [6.45, 7) is 8.42. The van der Waals surface area contributed by atoms with Crippen LogP contribution in [0.5, 0.6) is 0 Å². The first-order valence-electron chi connectivity index (χ1n) is 7.07. The van der Waals surface area contributed by atoms with Crippen LogP contribution in [0.1, 0.15) is 19.8 Å². The SMILES string of the molecule is C[C@H]1C[C@@H](C(=O)NCCN2CCOCC2)CCN1.Cl. The highest BCUT2D eigenvalue weighted by molar-refractivity contribution is 5.85. The summed E-state index contributed by atoms with van der Waals surface area (Å²) in [6, 6.07) is 0.466. The van der Waals surface area contributed by atoms with Crippen LogP contribution in [0.2, 0.25) is 0 Å². The Kier molecular flexibility index (Phi) is 7.68. The molecule has 2 N–H and O–H groups in total. The molecule has 0 radical (unpaired) electrons. The molecule has 2 heterocycles. The highest BCUT2D eigenvalue weighted by Gasteiger charge is 2.24. The highest BCUT2D eigenvalue weighted by atomic mass is 35.5. The molecule has 2 aliphatic heterocycles. The van der Waals surface area contributed by atoms with E-state index in [-0.39, 0.29) is 24.2 Å². The molecular weight excluding hydrogens is 266 g/mol. The number of morpholine rings is 1. The molecule has 0 aromatic carbocycles. The zero-order valence-electron chi connectivity index (χ0n) is 11.7. The highest BCUT2D eigenvalue weighted by Crippen LogP contribution is 2.15. The summed E-state index contributed by atoms with van der Waals surface area (Å²) in [7, 11) is 0. The Morgan fingerprint density at radius 2 is 2.16 bits per heavy atom. The maximum atomic E-state index is 12.0. The summed E-state index contributed by atoms with van der Waals surface area (Å²) in [5.74, 6) is 0.433. The van der Waals surface area contributed by atoms with Gasteiger partial charge in [0.25, 0.3) is 0 Å². The summed E-state index contributed by atoms with van der Waals surface area (Å²) in [5, 5.41) is 6.44. The molecule has 0 aliphatic carbocycles. The van der Waals surface area contributed by atoms with Gasteiger partial charge in [-0.3, -0.25) is 9.69 Å². The van der Waals surface area contributed by atoms with Gasteiger partial charge < -0.3 is 15.4 Å². The van der Waals surface area contributed by atoms with E-state index in [0.717, 1.165) is 58.8 Å². The molecule has 0 spiro atoms. The first kappa shape index (κ1) is 16.7. The first-order chi connectivity index (χ1) is 8.75. The third-order valence-corrected chi connectivity index (χ3v) is 3.83. The molecule has 0 bridgehead atoms. The predicted molar refractivity (Wildman–Crippen MR) is 77.7 cm³/mol. The van der Waals surface area contributed by atoms with Gasteiger partial charge in [0.2, 0.25) is 5.91 Å². The van der Waals surface area contributed by atoms with Gasteiger partial charge in [0, 0.05) is 38.1 Å². The molecule has 2 aliphatic rings. The van der Waals surface area contributed by atoms with E-state index in [2.05, 4.69) is 22.5 Å². The Balaban J connectivity index is 0.00000180. The Morgan fingerprint density at radius 1 is 1.42 bits per heavy atom. The van der Waals surface area contributed by atoms with E-state index >= 15 is 0 Å². The second-order valence-electron chi connectivity index (χ2n) is 5.32. The van der Waals surface area contributed by atoms with Crippen LogP contribution in [-0.4, -0.2) is 62.8 Å². The van der Waals surface area contributed by atoms with Crippen LogP contribution >= 0.6 is 12.4 Å². The van der Waals surface area contributed by atoms with Gasteiger partial charge in [-0.1, -0.05) is 0 Å². The minimum Gasteiger partial charge on any atom is -0.379 e. The van der Waals surface area contributed by atoms with E-state index in [9.17, 15) is 4.79 Å². The lowest BCUT2D eigenvalue weighted by Crippen LogP contribution is -2.45. The number of hydrogen-bond acceptors (Lipinski definition) is 4. The molecule has 19 heavy (non-hydrogen) atoms. The fourth-order valence-electron chi connectivity index (χ4n) is 2.68. The van der Waals surface area contributed by atoms with Crippen molar-refractivity contribution in [3.05, 3.63) is 0 Å². The number of carbonyl (C=O) groups excluding carboxylic acids is 1. The van der Waals surface area contributed by atoms with Crippen LogP contribution in [0.25, 0.3) is 0 Å². The molecule has 0 aromatic heterocycles. The molecule has 0 saturated carbocycles. The van der Waals surface area contributed by atoms with E-state index in [1.165, 1.54) is 0 Å². The molecule has 0 aromatic rings. The fraction of sp³-hybridized carbons (Fsp3) is 0.923. The number of carbonyl (C=O) groups is 1. The van der Waals surface area contributed by atoms with Crippen molar-refractivity contribution in [2.75, 3.05) is 45.9 Å². The zero-order chi connectivity index (χ0) is 12.8. The van der Waals surface area contributed by atoms with Crippen LogP contribution < -0.4 is 10.6 Å². The van der Waals surface area contributed by atoms with Crippen LogP contribution in [-0.2, 0) is 9.53 Å². The maximum absolute atomic E-state index is 12.0. The van der Waals surface area contributed by atoms with Crippen molar-refractivity contribution in [3.63, 3.8) is 0 Å². The Labute approximate surface area is 121 Å². The maximum Gasteiger partial charge on any atom is 0.223 e. The Hall–Kier alpha value is -0.360. The van der Waals surface area contributed by atoms with Gasteiger partial charge in [-0.15, -0.1) is 12.4 Å². The van der Waals surface area contributed by atoms with Gasteiger partial charge in [0.1, 0.15) is 0 Å². The van der Waals surface area contributed by atoms with Gasteiger partial charge in [-0.05, 0) is 26.3 Å². The van der Waals surface area contributed by atoms with Crippen molar-refractivity contribution in [1.82, 2.24) is 15.5 Å². The number of amides is 1. The molecule has 1 amide bonds. The topological polar surface area (TPSA) is 53.6 Å². The van der Waals surface area contributed by atoms with Crippen molar-refractivity contribution < 1.29 is 9.53 Å². The Bertz CT molecular complexity index is 273. The third kappa shape index (κ3) is 5.65. The zero-order valence-corrected chi connectivity index (χ0v) is 12.5. The Morgan fingerprint density at radius 3 is 2.84 bits per heavy atom. The largest absolute Gasteiger partial charge is 0.379 e. The van der Waals surface area contributed by atoms with Crippen molar-refractivity contribution in [3.8, 4) is 0 Å². The van der Waals surface area contributed by atoms with Gasteiger partial charge in [-0.2, -0.15) is 0 Å². The number of rotatable bonds is 4. The molecule has 2 saturated heterocycles. The average molecular weight is 292 g/mol. The summed E-state index contributed by atoms with van der Waals surface area (Å²) >= 11 is 0. The number of nitrogens with zero attached hydrogens (tertiary/aromatic N) is 1. The predicted octanol–water partition coefficient (Wildman–Crippen LogP) is 0.245. The number of piperidine rings is 1. The number of hydrogen-bond donors (Lipinski definition) is 2. The van der Waals surface area contributed by atoms with Crippen LogP contribution in [0, 0.1) is 5.92 Å². The molecule has 2 atom stereocenters. The van der Waals surface area contributed by atoms with E-state index < -0.39 is 0 Å². The van der Waals surface area contributed by atoms with Crippen molar-refractivity contribution in [1.29, 1.82) is 0 Å². The minimum atomic E-state index is 0. The fourth-order valence-corrected chi connectivity index (χ4v) is 2.68. The van der Waals surface area contributed by atoms with E-state index in [1.807, 2.05) is 0 Å². The number of halogens is 1. The summed E-state index contributed by atoms with van der Waals surface area (Å²) in [6.07, 6.45) is 1.93. The van der Waals surface area contributed by atoms with Crippen molar-refractivity contribution in [2.24, 2.45) is 5.92 Å². The minimum absolute atomic E-state index is 0. The van der Waals surface area contributed by atoms with E-state index in [4.69, 9.17) is 4.74 Å². The number of ether oxygens (including phenoxy) is 1. The smallest absolute Gasteiger partial charge is 0.223 e.